The molecule has 0 saturated heterocycles. The van der Waals surface area contributed by atoms with Gasteiger partial charge >= 0.3 is 5.97 Å². The van der Waals surface area contributed by atoms with Crippen molar-refractivity contribution < 1.29 is 28.2 Å². The predicted octanol–water partition coefficient (Wildman–Crippen LogP) is 2.21. The Bertz CT molecular complexity index is 896. The molecule has 7 nitrogen and oxygen atoms in total. The molecule has 1 aromatic carbocycles. The molecule has 1 aromatic heterocycles. The predicted molar refractivity (Wildman–Crippen MR) is 80.4 cm³/mol. The lowest BCUT2D eigenvalue weighted by atomic mass is 10.2. The summed E-state index contributed by atoms with van der Waals surface area (Å²) in [5, 5.41) is 17.7. The van der Waals surface area contributed by atoms with Crippen LogP contribution in [0.4, 0.5) is 0 Å². The summed E-state index contributed by atoms with van der Waals surface area (Å²) in [5.74, 6) is -3.69. The molecule has 0 amide bonds. The summed E-state index contributed by atoms with van der Waals surface area (Å²) in [4.78, 5) is 24.6. The highest BCUT2D eigenvalue weighted by atomic mass is 35.5. The number of aromatic amines is 1. The van der Waals surface area contributed by atoms with Crippen LogP contribution >= 0.6 is 11.6 Å². The van der Waals surface area contributed by atoms with E-state index < -0.39 is 27.3 Å². The van der Waals surface area contributed by atoms with Gasteiger partial charge in [-0.1, -0.05) is 11.6 Å². The summed E-state index contributed by atoms with van der Waals surface area (Å²) >= 11 is 5.70. The number of aromatic nitrogens is 1. The lowest BCUT2D eigenvalue weighted by molar-refractivity contribution is -0.135. The smallest absolute Gasteiger partial charge is 0.371 e. The molecule has 120 valence electrons. The number of aliphatic hydroxyl groups is 1. The van der Waals surface area contributed by atoms with Crippen molar-refractivity contribution in [3.8, 4) is 0 Å². The molecule has 0 fully saturated rings. The molecular weight excluding hydrogens is 346 g/mol. The van der Waals surface area contributed by atoms with Gasteiger partial charge in [0.1, 0.15) is 5.03 Å². The van der Waals surface area contributed by atoms with Crippen LogP contribution in [0.2, 0.25) is 5.02 Å². The van der Waals surface area contributed by atoms with Gasteiger partial charge in [0.15, 0.2) is 0 Å². The van der Waals surface area contributed by atoms with E-state index in [4.69, 9.17) is 21.8 Å². The molecule has 0 atom stereocenters. The lowest BCUT2D eigenvalue weighted by Gasteiger charge is -2.02. The fourth-order valence-corrected chi connectivity index (χ4v) is 3.05. The molecule has 0 radical (unpaired) electrons. The number of H-pyrrole nitrogens is 1. The second-order valence-corrected chi connectivity index (χ2v) is 6.75. The van der Waals surface area contributed by atoms with E-state index >= 15 is 0 Å². The van der Waals surface area contributed by atoms with Gasteiger partial charge in [-0.15, -0.1) is 0 Å². The maximum atomic E-state index is 12.4. The maximum absolute atomic E-state index is 12.4. The molecule has 0 aliphatic heterocycles. The van der Waals surface area contributed by atoms with E-state index in [0.717, 1.165) is 0 Å². The molecular formula is C14H10ClNO6S. The molecule has 0 unspecified atom stereocenters. The van der Waals surface area contributed by atoms with Crippen molar-refractivity contribution in [1.29, 1.82) is 0 Å². The fourth-order valence-electron chi connectivity index (χ4n) is 1.68. The highest BCUT2D eigenvalue weighted by Crippen LogP contribution is 2.22. The first-order chi connectivity index (χ1) is 10.7. The molecule has 0 spiro atoms. The Labute approximate surface area is 135 Å². The number of allylic oxidation sites excluding steroid dienone is 1. The fraction of sp³-hybridized carbons (Fsp3) is 0. The van der Waals surface area contributed by atoms with Gasteiger partial charge in [-0.2, -0.15) is 0 Å². The molecule has 2 aromatic rings. The summed E-state index contributed by atoms with van der Waals surface area (Å²) < 4.78 is 24.7. The zero-order valence-electron chi connectivity index (χ0n) is 11.4. The molecule has 9 heteroatoms. The number of hydrogen-bond donors (Lipinski definition) is 3. The largest absolute Gasteiger partial charge is 0.502 e. The number of ketones is 1. The maximum Gasteiger partial charge on any atom is 0.371 e. The Morgan fingerprint density at radius 2 is 1.65 bits per heavy atom. The number of carboxylic acids is 1. The zero-order valence-corrected chi connectivity index (χ0v) is 12.9. The van der Waals surface area contributed by atoms with Crippen LogP contribution in [0.3, 0.4) is 0 Å². The Morgan fingerprint density at radius 1 is 1.04 bits per heavy atom. The van der Waals surface area contributed by atoms with E-state index in [1.54, 1.807) is 0 Å². The second kappa shape index (κ2) is 6.27. The number of carboxylic acid groups (broad SMARTS) is 1. The summed E-state index contributed by atoms with van der Waals surface area (Å²) in [6.07, 6.45) is 0.479. The van der Waals surface area contributed by atoms with Crippen LogP contribution in [0.5, 0.6) is 0 Å². The van der Waals surface area contributed by atoms with Crippen molar-refractivity contribution in [3.63, 3.8) is 0 Å². The van der Waals surface area contributed by atoms with Gasteiger partial charge in [0.25, 0.3) is 0 Å². The van der Waals surface area contributed by atoms with Gasteiger partial charge in [-0.3, -0.25) is 4.79 Å². The normalized spacial score (nSPS) is 12.1. The van der Waals surface area contributed by atoms with Gasteiger partial charge in [0.2, 0.25) is 21.4 Å². The number of hydrogen-bond acceptors (Lipinski definition) is 5. The number of carbonyl (C=O) groups is 2. The molecule has 0 aliphatic rings. The monoisotopic (exact) mass is 355 g/mol. The van der Waals surface area contributed by atoms with Crippen molar-refractivity contribution in [3.05, 3.63) is 58.9 Å². The van der Waals surface area contributed by atoms with Crippen molar-refractivity contribution >= 4 is 33.2 Å². The van der Waals surface area contributed by atoms with Crippen LogP contribution in [0.1, 0.15) is 10.5 Å². The zero-order chi connectivity index (χ0) is 17.2. The molecule has 3 N–H and O–H groups in total. The van der Waals surface area contributed by atoms with E-state index in [-0.39, 0.29) is 15.6 Å². The number of sulfone groups is 1. The number of aliphatic carboxylic acids is 1. The van der Waals surface area contributed by atoms with Crippen LogP contribution < -0.4 is 0 Å². The van der Waals surface area contributed by atoms with Crippen LogP contribution in [-0.2, 0) is 14.6 Å². The van der Waals surface area contributed by atoms with Crippen molar-refractivity contribution in [1.82, 2.24) is 4.98 Å². The molecule has 2 rings (SSSR count). The van der Waals surface area contributed by atoms with E-state index in [1.807, 2.05) is 0 Å². The number of carbonyl (C=O) groups excluding carboxylic acids is 1. The van der Waals surface area contributed by atoms with Crippen LogP contribution in [0.15, 0.2) is 58.2 Å². The highest BCUT2D eigenvalue weighted by Gasteiger charge is 2.21. The molecule has 0 aliphatic carbocycles. The first-order valence-electron chi connectivity index (χ1n) is 6.10. The summed E-state index contributed by atoms with van der Waals surface area (Å²) in [6.45, 7) is 0. The Morgan fingerprint density at radius 3 is 2.22 bits per heavy atom. The van der Waals surface area contributed by atoms with Crippen LogP contribution in [-0.4, -0.2) is 35.4 Å². The number of benzene rings is 1. The molecule has 0 saturated carbocycles. The van der Waals surface area contributed by atoms with Crippen LogP contribution in [0.25, 0.3) is 0 Å². The third-order valence-electron chi connectivity index (χ3n) is 2.83. The van der Waals surface area contributed by atoms with Gasteiger partial charge in [-0.05, 0) is 36.4 Å². The van der Waals surface area contributed by atoms with Crippen molar-refractivity contribution in [2.75, 3.05) is 0 Å². The molecule has 0 bridgehead atoms. The number of rotatable bonds is 5. The van der Waals surface area contributed by atoms with Gasteiger partial charge in [0.05, 0.1) is 10.6 Å². The number of halogens is 1. The summed E-state index contributed by atoms with van der Waals surface area (Å²) in [6, 6.07) is 7.81. The lowest BCUT2D eigenvalue weighted by Crippen LogP contribution is -2.06. The summed E-state index contributed by atoms with van der Waals surface area (Å²) in [7, 11) is -3.88. The van der Waals surface area contributed by atoms with Gasteiger partial charge in [-0.25, -0.2) is 13.2 Å². The highest BCUT2D eigenvalue weighted by molar-refractivity contribution is 7.91. The Balaban J connectivity index is 2.35. The SMILES string of the molecule is O=C(O)/C(O)=C/C(=O)c1ccc(S(=O)(=O)c2ccc(Cl)cc2)[nH]1. The summed E-state index contributed by atoms with van der Waals surface area (Å²) in [5.41, 5.74) is -0.176. The van der Waals surface area contributed by atoms with Gasteiger partial charge in [0, 0.05) is 11.1 Å². The Kier molecular flexibility index (Phi) is 4.57. The molecule has 1 heterocycles. The minimum absolute atomic E-state index is 0.0216. The van der Waals surface area contributed by atoms with E-state index in [1.165, 1.54) is 36.4 Å². The average molecular weight is 356 g/mol. The minimum atomic E-state index is -3.88. The number of nitrogens with one attached hydrogen (secondary N) is 1. The van der Waals surface area contributed by atoms with Crippen molar-refractivity contribution in [2.45, 2.75) is 9.92 Å². The van der Waals surface area contributed by atoms with E-state index in [9.17, 15) is 18.0 Å². The second-order valence-electron chi connectivity index (χ2n) is 4.39. The quantitative estimate of drug-likeness (QED) is 0.429. The van der Waals surface area contributed by atoms with E-state index in [2.05, 4.69) is 4.98 Å². The Hall–Kier alpha value is -2.58. The minimum Gasteiger partial charge on any atom is -0.502 e. The molecule has 23 heavy (non-hydrogen) atoms. The van der Waals surface area contributed by atoms with Crippen LogP contribution in [0, 0.1) is 0 Å². The van der Waals surface area contributed by atoms with Gasteiger partial charge < -0.3 is 15.2 Å². The van der Waals surface area contributed by atoms with Crippen molar-refractivity contribution in [2.24, 2.45) is 0 Å². The third kappa shape index (κ3) is 3.61. The first-order valence-corrected chi connectivity index (χ1v) is 7.96. The third-order valence-corrected chi connectivity index (χ3v) is 4.79. The topological polar surface area (TPSA) is 125 Å². The first kappa shape index (κ1) is 16.8. The standard InChI is InChI=1S/C14H10ClNO6S/c15-8-1-3-9(4-2-8)23(21,22)13-6-5-10(16-13)11(17)7-12(18)14(19)20/h1-7,16,18H,(H,19,20)/b12-7-. The number of aliphatic hydroxyl groups excluding tert-OH is 1. The van der Waals surface area contributed by atoms with E-state index in [0.29, 0.717) is 11.1 Å². The average Bonchev–Trinajstić information content (AvgIpc) is 2.98.